The Balaban J connectivity index is 2.04. The number of hydrogen-bond donors (Lipinski definition) is 1. The molecule has 1 fully saturated rings. The third-order valence-corrected chi connectivity index (χ3v) is 7.28. The summed E-state index contributed by atoms with van der Waals surface area (Å²) >= 11 is 8.89. The van der Waals surface area contributed by atoms with Crippen LogP contribution < -0.4 is 5.73 Å². The summed E-state index contributed by atoms with van der Waals surface area (Å²) in [6.45, 7) is 2.97. The van der Waals surface area contributed by atoms with Crippen molar-refractivity contribution in [1.82, 2.24) is 9.80 Å². The molecule has 2 heterocycles. The molecule has 3 nitrogen and oxygen atoms in total. The second kappa shape index (κ2) is 7.00. The Labute approximate surface area is 136 Å². The van der Waals surface area contributed by atoms with Crippen molar-refractivity contribution in [2.75, 3.05) is 33.7 Å². The van der Waals surface area contributed by atoms with E-state index in [1.54, 1.807) is 11.3 Å². The Kier molecular flexibility index (Phi) is 5.87. The van der Waals surface area contributed by atoms with Gasteiger partial charge in [-0.2, -0.15) is 0 Å². The van der Waals surface area contributed by atoms with Gasteiger partial charge >= 0.3 is 0 Å². The first kappa shape index (κ1) is 15.9. The van der Waals surface area contributed by atoms with Gasteiger partial charge in [0.1, 0.15) is 0 Å². The average molecular weight is 411 g/mol. The predicted octanol–water partition coefficient (Wildman–Crippen LogP) is 3.30. The van der Waals surface area contributed by atoms with E-state index in [4.69, 9.17) is 5.73 Å². The number of nitrogens with two attached hydrogens (primary N) is 1. The van der Waals surface area contributed by atoms with Gasteiger partial charge in [-0.1, -0.05) is 0 Å². The fourth-order valence-corrected chi connectivity index (χ4v) is 4.98. The van der Waals surface area contributed by atoms with E-state index in [1.807, 2.05) is 0 Å². The highest BCUT2D eigenvalue weighted by atomic mass is 79.9. The summed E-state index contributed by atoms with van der Waals surface area (Å²) in [4.78, 5) is 6.19. The molecule has 2 N–H and O–H groups in total. The van der Waals surface area contributed by atoms with Crippen LogP contribution in [0.3, 0.4) is 0 Å². The van der Waals surface area contributed by atoms with Gasteiger partial charge in [0.2, 0.25) is 0 Å². The molecule has 108 valence electrons. The lowest BCUT2D eigenvalue weighted by Gasteiger charge is -2.31. The van der Waals surface area contributed by atoms with Crippen molar-refractivity contribution in [3.8, 4) is 0 Å². The lowest BCUT2D eigenvalue weighted by atomic mass is 10.1. The summed E-state index contributed by atoms with van der Waals surface area (Å²) < 4.78 is 2.27. The van der Waals surface area contributed by atoms with Crippen LogP contribution in [-0.4, -0.2) is 49.6 Å². The van der Waals surface area contributed by atoms with Gasteiger partial charge in [0, 0.05) is 28.5 Å². The molecule has 0 bridgehead atoms. The summed E-state index contributed by atoms with van der Waals surface area (Å²) in [5, 5.41) is 0. The van der Waals surface area contributed by atoms with Crippen molar-refractivity contribution in [2.45, 2.75) is 24.9 Å². The Bertz CT molecular complexity index is 405. The summed E-state index contributed by atoms with van der Waals surface area (Å²) in [5.74, 6) is 0. The molecule has 1 aliphatic heterocycles. The van der Waals surface area contributed by atoms with Crippen LogP contribution in [-0.2, 0) is 0 Å². The van der Waals surface area contributed by atoms with Crippen LogP contribution in [0.15, 0.2) is 14.3 Å². The van der Waals surface area contributed by atoms with E-state index in [0.717, 1.165) is 14.8 Å². The Hall–Kier alpha value is 0.540. The van der Waals surface area contributed by atoms with Crippen LogP contribution in [0.4, 0.5) is 0 Å². The van der Waals surface area contributed by atoms with Gasteiger partial charge in [0.05, 0.1) is 9.83 Å². The molecule has 2 rings (SSSR count). The zero-order valence-electron chi connectivity index (χ0n) is 11.4. The molecule has 2 unspecified atom stereocenters. The number of hydrogen-bond acceptors (Lipinski definition) is 4. The Morgan fingerprint density at radius 3 is 2.79 bits per heavy atom. The van der Waals surface area contributed by atoms with E-state index in [2.05, 4.69) is 61.8 Å². The normalized spacial score (nSPS) is 22.3. The van der Waals surface area contributed by atoms with Crippen molar-refractivity contribution in [3.63, 3.8) is 0 Å². The molecule has 0 amide bonds. The summed E-state index contributed by atoms with van der Waals surface area (Å²) in [7, 11) is 4.41. The summed E-state index contributed by atoms with van der Waals surface area (Å²) in [5.41, 5.74) is 5.99. The van der Waals surface area contributed by atoms with Gasteiger partial charge in [0.15, 0.2) is 0 Å². The van der Waals surface area contributed by atoms with E-state index >= 15 is 0 Å². The third kappa shape index (κ3) is 3.80. The molecular weight excluding hydrogens is 390 g/mol. The van der Waals surface area contributed by atoms with Gasteiger partial charge < -0.3 is 10.6 Å². The molecule has 0 aliphatic carbocycles. The fourth-order valence-electron chi connectivity index (χ4n) is 2.71. The van der Waals surface area contributed by atoms with Crippen LogP contribution >= 0.6 is 43.2 Å². The van der Waals surface area contributed by atoms with Crippen molar-refractivity contribution in [3.05, 3.63) is 19.2 Å². The maximum Gasteiger partial charge on any atom is 0.0843 e. The number of thiophene rings is 1. The summed E-state index contributed by atoms with van der Waals surface area (Å²) in [6, 6.07) is 3.16. The lowest BCUT2D eigenvalue weighted by Crippen LogP contribution is -2.40. The molecule has 19 heavy (non-hydrogen) atoms. The molecule has 1 aliphatic rings. The van der Waals surface area contributed by atoms with E-state index in [1.165, 1.54) is 24.3 Å². The standard InChI is InChI=1S/C13H21Br2N3S/c1-17-5-3-4-9(17)8-18(2)11(7-16)12-6-10(14)13(15)19-12/h6,9,11H,3-5,7-8,16H2,1-2H3. The topological polar surface area (TPSA) is 32.5 Å². The lowest BCUT2D eigenvalue weighted by molar-refractivity contribution is 0.181. The first-order chi connectivity index (χ1) is 9.02. The van der Waals surface area contributed by atoms with Gasteiger partial charge in [0.25, 0.3) is 0 Å². The highest BCUT2D eigenvalue weighted by Gasteiger charge is 2.26. The molecule has 1 aromatic heterocycles. The minimum atomic E-state index is 0.307. The second-order valence-corrected chi connectivity index (χ2v) is 8.49. The van der Waals surface area contributed by atoms with Crippen molar-refractivity contribution in [2.24, 2.45) is 5.73 Å². The molecule has 2 atom stereocenters. The fraction of sp³-hybridized carbons (Fsp3) is 0.692. The number of likely N-dealkylation sites (tertiary alicyclic amines) is 1. The molecular formula is C13H21Br2N3S. The smallest absolute Gasteiger partial charge is 0.0843 e. The maximum atomic E-state index is 5.99. The number of likely N-dealkylation sites (N-methyl/N-ethyl adjacent to an activating group) is 2. The molecule has 0 radical (unpaired) electrons. The Morgan fingerprint density at radius 1 is 1.58 bits per heavy atom. The van der Waals surface area contributed by atoms with E-state index < -0.39 is 0 Å². The minimum absolute atomic E-state index is 0.307. The van der Waals surface area contributed by atoms with E-state index in [0.29, 0.717) is 18.6 Å². The van der Waals surface area contributed by atoms with Crippen molar-refractivity contribution in [1.29, 1.82) is 0 Å². The average Bonchev–Trinajstić information content (AvgIpc) is 2.89. The highest BCUT2D eigenvalue weighted by molar-refractivity contribution is 9.13. The third-order valence-electron chi connectivity index (χ3n) is 3.92. The summed E-state index contributed by atoms with van der Waals surface area (Å²) in [6.07, 6.45) is 2.62. The molecule has 0 spiro atoms. The van der Waals surface area contributed by atoms with Gasteiger partial charge in [-0.25, -0.2) is 0 Å². The molecule has 0 aromatic carbocycles. The van der Waals surface area contributed by atoms with Gasteiger partial charge in [-0.3, -0.25) is 4.90 Å². The maximum absolute atomic E-state index is 5.99. The van der Waals surface area contributed by atoms with Crippen molar-refractivity contribution >= 4 is 43.2 Å². The first-order valence-electron chi connectivity index (χ1n) is 6.58. The van der Waals surface area contributed by atoms with E-state index in [9.17, 15) is 0 Å². The molecule has 1 saturated heterocycles. The highest BCUT2D eigenvalue weighted by Crippen LogP contribution is 2.37. The quantitative estimate of drug-likeness (QED) is 0.808. The van der Waals surface area contributed by atoms with Crippen LogP contribution in [0.2, 0.25) is 0 Å². The van der Waals surface area contributed by atoms with E-state index in [-0.39, 0.29) is 0 Å². The number of rotatable bonds is 5. The first-order valence-corrected chi connectivity index (χ1v) is 8.98. The van der Waals surface area contributed by atoms with Crippen molar-refractivity contribution < 1.29 is 0 Å². The number of nitrogens with zero attached hydrogens (tertiary/aromatic N) is 2. The van der Waals surface area contributed by atoms with Gasteiger partial charge in [-0.05, 0) is 71.4 Å². The van der Waals surface area contributed by atoms with Crippen LogP contribution in [0.1, 0.15) is 23.8 Å². The monoisotopic (exact) mass is 409 g/mol. The largest absolute Gasteiger partial charge is 0.329 e. The predicted molar refractivity (Wildman–Crippen MR) is 89.8 cm³/mol. The van der Waals surface area contributed by atoms with Crippen LogP contribution in [0.25, 0.3) is 0 Å². The SMILES string of the molecule is CN1CCCC1CN(C)C(CN)c1cc(Br)c(Br)s1. The molecule has 6 heteroatoms. The number of halogens is 2. The molecule has 1 aromatic rings. The van der Waals surface area contributed by atoms with Gasteiger partial charge in [-0.15, -0.1) is 11.3 Å². The zero-order valence-corrected chi connectivity index (χ0v) is 15.4. The second-order valence-electron chi connectivity index (χ2n) is 5.24. The van der Waals surface area contributed by atoms with Crippen LogP contribution in [0.5, 0.6) is 0 Å². The minimum Gasteiger partial charge on any atom is -0.329 e. The van der Waals surface area contributed by atoms with Crippen LogP contribution in [0, 0.1) is 0 Å². The zero-order chi connectivity index (χ0) is 14.0. The molecule has 0 saturated carbocycles. The Morgan fingerprint density at radius 2 is 2.32 bits per heavy atom.